The van der Waals surface area contributed by atoms with Crippen LogP contribution in [0.5, 0.6) is 11.5 Å². The molecule has 0 spiro atoms. The Labute approximate surface area is 502 Å². The summed E-state index contributed by atoms with van der Waals surface area (Å²) in [4.78, 5) is 32.1. The number of furan rings is 1. The Hall–Kier alpha value is -10.5. The van der Waals surface area contributed by atoms with Gasteiger partial charge in [-0.1, -0.05) is 0 Å². The van der Waals surface area contributed by atoms with Crippen molar-refractivity contribution in [3.8, 4) is 39.6 Å². The van der Waals surface area contributed by atoms with Crippen LogP contribution in [0.2, 0.25) is 0 Å². The van der Waals surface area contributed by atoms with Crippen molar-refractivity contribution in [3.63, 3.8) is 0 Å². The van der Waals surface area contributed by atoms with E-state index >= 15 is 0 Å². The third-order valence-electron chi connectivity index (χ3n) is 15.7. The number of rotatable bonds is 13. The maximum Gasteiger partial charge on any atom is 0.209 e. The van der Waals surface area contributed by atoms with Crippen LogP contribution in [-0.4, -0.2) is 85.4 Å². The highest BCUT2D eigenvalue weighted by molar-refractivity contribution is 5.82. The fraction of sp³-hybridized carbons (Fsp3) is 0.266. The lowest BCUT2D eigenvalue weighted by atomic mass is 10.0. The van der Waals surface area contributed by atoms with Gasteiger partial charge in [0.2, 0.25) is 17.8 Å². The van der Waals surface area contributed by atoms with Crippen LogP contribution in [0.25, 0.3) is 56.0 Å². The van der Waals surface area contributed by atoms with E-state index in [9.17, 15) is 13.2 Å². The molecule has 12 heterocycles. The van der Waals surface area contributed by atoms with Gasteiger partial charge in [0, 0.05) is 133 Å². The van der Waals surface area contributed by atoms with E-state index in [4.69, 9.17) is 18.9 Å². The first-order valence-electron chi connectivity index (χ1n) is 28.9. The third-order valence-corrected chi connectivity index (χ3v) is 15.7. The largest absolute Gasteiger partial charge is 0.493 e. The van der Waals surface area contributed by atoms with Crippen molar-refractivity contribution < 1.29 is 27.1 Å². The topological polar surface area (TPSA) is 212 Å². The van der Waals surface area contributed by atoms with E-state index in [0.717, 1.165) is 120 Å². The fourth-order valence-electron chi connectivity index (χ4n) is 11.6. The second kappa shape index (κ2) is 23.1. The number of hydrogen-bond donors (Lipinski definition) is 3. The second-order valence-electron chi connectivity index (χ2n) is 22.2. The molecule has 3 aromatic carbocycles. The predicted octanol–water partition coefficient (Wildman–Crippen LogP) is 11.9. The van der Waals surface area contributed by atoms with Gasteiger partial charge in [-0.15, -0.1) is 0 Å². The minimum atomic E-state index is -0.286. The molecule has 2 aliphatic rings. The van der Waals surface area contributed by atoms with Crippen molar-refractivity contribution in [3.05, 3.63) is 190 Å². The minimum Gasteiger partial charge on any atom is -0.493 e. The van der Waals surface area contributed by atoms with E-state index in [1.165, 1.54) is 18.2 Å². The molecule has 448 valence electrons. The molecule has 3 N–H and O–H groups in total. The monoisotopic (exact) mass is 1190 g/mol. The summed E-state index contributed by atoms with van der Waals surface area (Å²) in [6.45, 7) is 18.1. The van der Waals surface area contributed by atoms with Crippen molar-refractivity contribution in [2.75, 3.05) is 29.2 Å². The van der Waals surface area contributed by atoms with E-state index in [-0.39, 0.29) is 30.0 Å². The first kappa shape index (κ1) is 56.6. The number of aryl methyl sites for hydroxylation is 6. The highest BCUT2D eigenvalue weighted by Crippen LogP contribution is 2.35. The van der Waals surface area contributed by atoms with Crippen molar-refractivity contribution in [2.24, 2.45) is 7.05 Å². The lowest BCUT2D eigenvalue weighted by Crippen LogP contribution is -2.10. The number of anilines is 3. The zero-order valence-electron chi connectivity index (χ0n) is 50.0. The second-order valence-corrected chi connectivity index (χ2v) is 22.2. The highest BCUT2D eigenvalue weighted by Gasteiger charge is 2.24. The van der Waals surface area contributed by atoms with Gasteiger partial charge in [0.15, 0.2) is 11.3 Å². The lowest BCUT2D eigenvalue weighted by Gasteiger charge is -2.13. The first-order chi connectivity index (χ1) is 42.5. The van der Waals surface area contributed by atoms with E-state index < -0.39 is 0 Å². The predicted molar refractivity (Wildman–Crippen MR) is 328 cm³/mol. The number of aromatic nitrogens is 15. The van der Waals surface area contributed by atoms with Crippen LogP contribution in [0.3, 0.4) is 0 Å². The molecular weight excluding hydrogens is 1130 g/mol. The van der Waals surface area contributed by atoms with Gasteiger partial charge in [0.05, 0.1) is 77.9 Å². The number of imidazole rings is 4. The smallest absolute Gasteiger partial charge is 0.209 e. The van der Waals surface area contributed by atoms with Gasteiger partial charge >= 0.3 is 0 Å². The molecule has 0 aliphatic carbocycles. The Balaban J connectivity index is 0.000000122. The molecule has 13 aromatic rings. The molecule has 88 heavy (non-hydrogen) atoms. The molecule has 0 saturated carbocycles. The molecule has 15 rings (SSSR count). The average Bonchev–Trinajstić information content (AvgIpc) is 1.88. The van der Waals surface area contributed by atoms with E-state index in [1.807, 2.05) is 112 Å². The quantitative estimate of drug-likeness (QED) is 0.0980. The van der Waals surface area contributed by atoms with Gasteiger partial charge in [-0.2, -0.15) is 10.2 Å². The van der Waals surface area contributed by atoms with Crippen molar-refractivity contribution in [1.29, 1.82) is 0 Å². The van der Waals surface area contributed by atoms with Crippen LogP contribution in [0.1, 0.15) is 81.9 Å². The summed E-state index contributed by atoms with van der Waals surface area (Å²) in [5.74, 6) is 2.58. The number of halogens is 3. The molecule has 0 radical (unpaired) electrons. The number of fused-ring (bicyclic) bond motifs is 6. The molecule has 0 unspecified atom stereocenters. The van der Waals surface area contributed by atoms with E-state index in [0.29, 0.717) is 66.4 Å². The third kappa shape index (κ3) is 10.6. The molecule has 2 aliphatic heterocycles. The average molecular weight is 1190 g/mol. The highest BCUT2D eigenvalue weighted by atomic mass is 19.1. The molecule has 0 fully saturated rings. The Morgan fingerprint density at radius 2 is 1.09 bits per heavy atom. The molecule has 0 saturated heterocycles. The lowest BCUT2D eigenvalue weighted by molar-refractivity contribution is 0.356. The van der Waals surface area contributed by atoms with Gasteiger partial charge in [0.1, 0.15) is 45.9 Å². The number of benzene rings is 3. The Kier molecular flexibility index (Phi) is 14.8. The van der Waals surface area contributed by atoms with Crippen molar-refractivity contribution in [2.45, 2.75) is 93.9 Å². The zero-order valence-corrected chi connectivity index (χ0v) is 50.0. The molecule has 21 nitrogen and oxygen atoms in total. The molecule has 0 amide bonds. The molecular formula is C64H63F3N18O3. The number of hydrogen-bond acceptors (Lipinski definition) is 15. The summed E-state index contributed by atoms with van der Waals surface area (Å²) in [7, 11) is 1.90. The first-order valence-corrected chi connectivity index (χ1v) is 28.9. The Morgan fingerprint density at radius 3 is 1.65 bits per heavy atom. The standard InChI is InChI=1S/C23H25FN6O.C21H19FN6O.C20H19FN6O/c1-13(2)30-15(4)17(11-27-30)19-10-26-23(29-12-14(3)28-22(19)29)25-9-18-16-7-8-31-21(16)6-5-20(18)24;1-12-8-18(27(3)26-12)16-10-24-21(28-11-13(2)25-20(16)28)23-9-15-14-6-7-29-19(14)5-4-17(15)22;1-12-9-26(11-24-12)17-8-23-20(27-10-13(2)25-19(17)27)22-7-15-14-5-6-28-18(14)4-3-16(15)21/h5-6,10-13H,7-9H2,1-4H3,(H,25,26);4-8,10-11H,9H2,1-3H3,(H,23,24);3-4,8-11H,5-7H2,1-2H3,(H,22,23). The maximum absolute atomic E-state index is 14.5. The number of ether oxygens (including phenoxy) is 2. The minimum absolute atomic E-state index is 0.233. The van der Waals surface area contributed by atoms with Crippen LogP contribution in [0.4, 0.5) is 31.0 Å². The molecule has 10 aromatic heterocycles. The molecule has 0 bridgehead atoms. The fourth-order valence-corrected chi connectivity index (χ4v) is 11.6. The van der Waals surface area contributed by atoms with Gasteiger partial charge < -0.3 is 34.4 Å². The van der Waals surface area contributed by atoms with E-state index in [2.05, 4.69) is 76.8 Å². The van der Waals surface area contributed by atoms with Crippen LogP contribution in [-0.2, 0) is 39.5 Å². The van der Waals surface area contributed by atoms with Crippen LogP contribution >= 0.6 is 0 Å². The van der Waals surface area contributed by atoms with Crippen LogP contribution in [0, 0.1) is 59.0 Å². The summed E-state index contributed by atoms with van der Waals surface area (Å²) in [5, 5.41) is 19.5. The molecule has 24 heteroatoms. The summed E-state index contributed by atoms with van der Waals surface area (Å²) in [5.41, 5.74) is 16.7. The normalized spacial score (nSPS) is 12.6. The summed E-state index contributed by atoms with van der Waals surface area (Å²) in [6.07, 6.45) is 19.6. The van der Waals surface area contributed by atoms with Gasteiger partial charge in [-0.25, -0.2) is 48.1 Å². The van der Waals surface area contributed by atoms with Crippen LogP contribution < -0.4 is 25.4 Å². The number of nitrogens with zero attached hydrogens (tertiary/aromatic N) is 15. The van der Waals surface area contributed by atoms with Gasteiger partial charge in [0.25, 0.3) is 0 Å². The van der Waals surface area contributed by atoms with Crippen LogP contribution in [0.15, 0.2) is 115 Å². The van der Waals surface area contributed by atoms with E-state index in [1.54, 1.807) is 49.2 Å². The maximum atomic E-state index is 14.5. The summed E-state index contributed by atoms with van der Waals surface area (Å²) < 4.78 is 71.3. The van der Waals surface area contributed by atoms with Crippen molar-refractivity contribution in [1.82, 2.24) is 72.2 Å². The Morgan fingerprint density at radius 1 is 0.557 bits per heavy atom. The van der Waals surface area contributed by atoms with Gasteiger partial charge in [-0.3, -0.25) is 22.6 Å². The SMILES string of the molecule is Cc1cn(-c2cnc(NCc3c(F)ccc4c3CCO4)n3cc(C)nc23)cn1.Cc1cn2c(NCc3c(F)ccc4c3CCO4)ncc(-c3cnn(C(C)C)c3C)c2n1.Cc1cn2c(NCc3c(F)ccc4occc34)ncc(-c3cc(C)nn3C)c2n1. The summed E-state index contributed by atoms with van der Waals surface area (Å²) in [6, 6.07) is 13.4. The number of nitrogens with one attached hydrogen (secondary N) is 3. The molecule has 0 atom stereocenters. The zero-order chi connectivity index (χ0) is 61.1. The van der Waals surface area contributed by atoms with Gasteiger partial charge in [-0.05, 0) is 104 Å². The summed E-state index contributed by atoms with van der Waals surface area (Å²) >= 11 is 0. The van der Waals surface area contributed by atoms with Crippen molar-refractivity contribution >= 4 is 45.8 Å². The Bertz CT molecular complexity index is 4790.